The maximum atomic E-state index is 11.6. The molecule has 0 N–H and O–H groups in total. The molecule has 0 saturated carbocycles. The molecule has 1 aromatic heterocycles. The third-order valence-electron chi connectivity index (χ3n) is 2.76. The number of halogens is 1. The molecule has 0 fully saturated rings. The summed E-state index contributed by atoms with van der Waals surface area (Å²) in [7, 11) is 0. The Morgan fingerprint density at radius 3 is 2.95 bits per heavy atom. The highest BCUT2D eigenvalue weighted by Gasteiger charge is 2.10. The zero-order valence-electron chi connectivity index (χ0n) is 11.5. The van der Waals surface area contributed by atoms with Crippen LogP contribution < -0.4 is 4.74 Å². The summed E-state index contributed by atoms with van der Waals surface area (Å²) in [4.78, 5) is 16.1. The molecule has 3 nitrogen and oxygen atoms in total. The molecule has 1 aromatic carbocycles. The van der Waals surface area contributed by atoms with Gasteiger partial charge >= 0.3 is 0 Å². The Bertz CT molecular complexity index is 610. The van der Waals surface area contributed by atoms with Gasteiger partial charge in [0.25, 0.3) is 0 Å². The van der Waals surface area contributed by atoms with Crippen molar-refractivity contribution in [2.24, 2.45) is 0 Å². The predicted octanol–water partition coefficient (Wildman–Crippen LogP) is 4.64. The van der Waals surface area contributed by atoms with Crippen LogP contribution in [0, 0.1) is 0 Å². The van der Waals surface area contributed by atoms with Crippen molar-refractivity contribution in [3.05, 3.63) is 44.3 Å². The Morgan fingerprint density at radius 2 is 2.25 bits per heavy atom. The first kappa shape index (κ1) is 15.2. The van der Waals surface area contributed by atoms with E-state index in [4.69, 9.17) is 4.74 Å². The van der Waals surface area contributed by atoms with E-state index < -0.39 is 0 Å². The van der Waals surface area contributed by atoms with Crippen LogP contribution in [0.2, 0.25) is 0 Å². The van der Waals surface area contributed by atoms with Crippen LogP contribution in [0.3, 0.4) is 0 Å². The van der Waals surface area contributed by atoms with E-state index in [2.05, 4.69) is 27.8 Å². The summed E-state index contributed by atoms with van der Waals surface area (Å²) in [6.07, 6.45) is 2.09. The normalized spacial score (nSPS) is 10.6. The van der Waals surface area contributed by atoms with Crippen LogP contribution in [-0.2, 0) is 13.0 Å². The zero-order chi connectivity index (χ0) is 14.5. The number of carbonyl (C=O) groups excluding carboxylic acids is 1. The molecule has 1 heterocycles. The summed E-state index contributed by atoms with van der Waals surface area (Å²) in [5, 5.41) is 3.14. The molecule has 2 rings (SSSR count). The van der Waals surface area contributed by atoms with Crippen molar-refractivity contribution in [2.45, 2.75) is 33.3 Å². The second-order valence-electron chi connectivity index (χ2n) is 4.47. The van der Waals surface area contributed by atoms with Crippen LogP contribution in [0.1, 0.15) is 41.3 Å². The summed E-state index contributed by atoms with van der Waals surface area (Å²) < 4.78 is 6.64. The number of benzene rings is 1. The summed E-state index contributed by atoms with van der Waals surface area (Å²) in [6.45, 7) is 4.06. The minimum Gasteiger partial charge on any atom is -0.486 e. The first-order chi connectivity index (χ1) is 9.60. The van der Waals surface area contributed by atoms with Crippen LogP contribution in [0.25, 0.3) is 0 Å². The molecule has 0 atom stereocenters. The molecule has 2 aromatic rings. The summed E-state index contributed by atoms with van der Waals surface area (Å²) in [5.74, 6) is 0.592. The van der Waals surface area contributed by atoms with Crippen LogP contribution >= 0.6 is 27.3 Å². The lowest BCUT2D eigenvalue weighted by atomic mass is 10.1. The second kappa shape index (κ2) is 6.99. The fourth-order valence-corrected chi connectivity index (χ4v) is 3.03. The Balaban J connectivity index is 2.09. The number of hydrogen-bond donors (Lipinski definition) is 0. The van der Waals surface area contributed by atoms with Gasteiger partial charge in [0.05, 0.1) is 16.3 Å². The summed E-state index contributed by atoms with van der Waals surface area (Å²) in [6, 6.07) is 5.42. The number of ether oxygens (including phenoxy) is 1. The molecular formula is C15H16BrNO2S. The molecule has 0 radical (unpaired) electrons. The Labute approximate surface area is 131 Å². The lowest BCUT2D eigenvalue weighted by Gasteiger charge is -2.09. The van der Waals surface area contributed by atoms with E-state index in [1.807, 2.05) is 17.5 Å². The van der Waals surface area contributed by atoms with Gasteiger partial charge in [-0.3, -0.25) is 4.79 Å². The Morgan fingerprint density at radius 1 is 1.45 bits per heavy atom. The third kappa shape index (κ3) is 3.90. The Kier molecular flexibility index (Phi) is 5.31. The van der Waals surface area contributed by atoms with Gasteiger partial charge in [-0.25, -0.2) is 4.98 Å². The van der Waals surface area contributed by atoms with Gasteiger partial charge in [-0.05, 0) is 38.0 Å². The van der Waals surface area contributed by atoms with E-state index in [0.717, 1.165) is 28.0 Å². The van der Waals surface area contributed by atoms with Crippen LogP contribution in [-0.4, -0.2) is 10.8 Å². The van der Waals surface area contributed by atoms with E-state index in [0.29, 0.717) is 17.9 Å². The van der Waals surface area contributed by atoms with Gasteiger partial charge in [0.2, 0.25) is 0 Å². The first-order valence-corrected chi connectivity index (χ1v) is 8.14. The van der Waals surface area contributed by atoms with Crippen LogP contribution in [0.5, 0.6) is 5.75 Å². The van der Waals surface area contributed by atoms with E-state index in [-0.39, 0.29) is 5.78 Å². The van der Waals surface area contributed by atoms with E-state index in [1.54, 1.807) is 17.4 Å². The molecule has 0 amide bonds. The molecule has 0 aliphatic rings. The molecule has 106 valence electrons. The van der Waals surface area contributed by atoms with Gasteiger partial charge in [0.15, 0.2) is 5.78 Å². The number of Topliss-reactive ketones (excluding diaryl/α,β-unsaturated/α-hetero) is 1. The van der Waals surface area contributed by atoms with Gasteiger partial charge in [-0.1, -0.05) is 22.9 Å². The number of thiazole rings is 1. The standard InChI is InChI=1S/C15H16BrNO2S/c1-3-4-15-17-12(9-20-15)8-19-14-7-11(16)5-6-13(14)10(2)18/h5-7,9H,3-4,8H2,1-2H3. The third-order valence-corrected chi connectivity index (χ3v) is 4.21. The lowest BCUT2D eigenvalue weighted by molar-refractivity contribution is 0.101. The number of rotatable bonds is 6. The average Bonchev–Trinajstić information content (AvgIpc) is 2.84. The fraction of sp³-hybridized carbons (Fsp3) is 0.333. The largest absolute Gasteiger partial charge is 0.486 e. The van der Waals surface area contributed by atoms with Crippen molar-refractivity contribution in [3.8, 4) is 5.75 Å². The van der Waals surface area contributed by atoms with Gasteiger partial charge in [-0.2, -0.15) is 0 Å². The molecule has 0 aliphatic carbocycles. The van der Waals surface area contributed by atoms with Gasteiger partial charge in [0, 0.05) is 9.85 Å². The van der Waals surface area contributed by atoms with Gasteiger partial charge in [-0.15, -0.1) is 11.3 Å². The van der Waals surface area contributed by atoms with Crippen molar-refractivity contribution >= 4 is 33.0 Å². The number of carbonyl (C=O) groups is 1. The van der Waals surface area contributed by atoms with E-state index in [1.165, 1.54) is 6.92 Å². The minimum atomic E-state index is -0.00236. The fourth-order valence-electron chi connectivity index (χ4n) is 1.80. The number of nitrogens with zero attached hydrogens (tertiary/aromatic N) is 1. The SMILES string of the molecule is CCCc1nc(COc2cc(Br)ccc2C(C)=O)cs1. The quantitative estimate of drug-likeness (QED) is 0.710. The molecule has 0 saturated heterocycles. The topological polar surface area (TPSA) is 39.2 Å². The van der Waals surface area contributed by atoms with Crippen molar-refractivity contribution in [3.63, 3.8) is 0 Å². The molecule has 20 heavy (non-hydrogen) atoms. The minimum absolute atomic E-state index is 0.00236. The molecule has 5 heteroatoms. The molecular weight excluding hydrogens is 338 g/mol. The highest BCUT2D eigenvalue weighted by Crippen LogP contribution is 2.25. The Hall–Kier alpha value is -1.20. The highest BCUT2D eigenvalue weighted by atomic mass is 79.9. The number of aryl methyl sites for hydroxylation is 1. The monoisotopic (exact) mass is 353 g/mol. The van der Waals surface area contributed by atoms with E-state index in [9.17, 15) is 4.79 Å². The van der Waals surface area contributed by atoms with Crippen molar-refractivity contribution < 1.29 is 9.53 Å². The maximum Gasteiger partial charge on any atom is 0.163 e. The van der Waals surface area contributed by atoms with Crippen LogP contribution in [0.15, 0.2) is 28.1 Å². The van der Waals surface area contributed by atoms with Gasteiger partial charge in [0.1, 0.15) is 12.4 Å². The highest BCUT2D eigenvalue weighted by molar-refractivity contribution is 9.10. The average molecular weight is 354 g/mol. The lowest BCUT2D eigenvalue weighted by Crippen LogP contribution is -2.02. The smallest absolute Gasteiger partial charge is 0.163 e. The predicted molar refractivity (Wildman–Crippen MR) is 84.6 cm³/mol. The summed E-state index contributed by atoms with van der Waals surface area (Å²) >= 11 is 5.05. The van der Waals surface area contributed by atoms with Crippen LogP contribution in [0.4, 0.5) is 0 Å². The van der Waals surface area contributed by atoms with Crippen molar-refractivity contribution in [2.75, 3.05) is 0 Å². The number of aromatic nitrogens is 1. The molecule has 0 spiro atoms. The second-order valence-corrected chi connectivity index (χ2v) is 6.33. The molecule has 0 bridgehead atoms. The number of ketones is 1. The van der Waals surface area contributed by atoms with Gasteiger partial charge < -0.3 is 4.74 Å². The zero-order valence-corrected chi connectivity index (χ0v) is 13.9. The maximum absolute atomic E-state index is 11.6. The molecule has 0 unspecified atom stereocenters. The number of hydrogen-bond acceptors (Lipinski definition) is 4. The van der Waals surface area contributed by atoms with E-state index >= 15 is 0 Å². The molecule has 0 aliphatic heterocycles. The van der Waals surface area contributed by atoms with Crippen molar-refractivity contribution in [1.82, 2.24) is 4.98 Å². The summed E-state index contributed by atoms with van der Waals surface area (Å²) in [5.41, 5.74) is 1.50. The van der Waals surface area contributed by atoms with Crippen molar-refractivity contribution in [1.29, 1.82) is 0 Å². The first-order valence-electron chi connectivity index (χ1n) is 6.46.